The number of sulfonamides is 1. The van der Waals surface area contributed by atoms with E-state index >= 15 is 0 Å². The number of ether oxygens (including phenoxy) is 1. The Labute approximate surface area is 195 Å². The summed E-state index contributed by atoms with van der Waals surface area (Å²) in [7, 11) is -3.58. The molecule has 178 valence electrons. The molecule has 1 unspecified atom stereocenters. The Hall–Kier alpha value is -2.75. The third kappa shape index (κ3) is 7.66. The van der Waals surface area contributed by atoms with Gasteiger partial charge in [-0.1, -0.05) is 60.7 Å². The molecule has 9 heteroatoms. The lowest BCUT2D eigenvalue weighted by Gasteiger charge is -2.30. The second-order valence-corrected chi connectivity index (χ2v) is 10.0. The van der Waals surface area contributed by atoms with Crippen LogP contribution < -0.4 is 5.32 Å². The van der Waals surface area contributed by atoms with Crippen molar-refractivity contribution < 1.29 is 22.7 Å². The van der Waals surface area contributed by atoms with E-state index in [1.165, 1.54) is 4.31 Å². The summed E-state index contributed by atoms with van der Waals surface area (Å²) in [4.78, 5) is 27.0. The van der Waals surface area contributed by atoms with Crippen molar-refractivity contribution in [1.29, 1.82) is 0 Å². The first-order valence-corrected chi connectivity index (χ1v) is 12.9. The molecule has 0 aliphatic carbocycles. The monoisotopic (exact) mass is 473 g/mol. The van der Waals surface area contributed by atoms with Crippen LogP contribution in [0.25, 0.3) is 0 Å². The van der Waals surface area contributed by atoms with Gasteiger partial charge in [-0.05, 0) is 17.5 Å². The lowest BCUT2D eigenvalue weighted by Crippen LogP contribution is -2.40. The first-order valence-electron chi connectivity index (χ1n) is 11.0. The average Bonchev–Trinajstić information content (AvgIpc) is 2.83. The van der Waals surface area contributed by atoms with Crippen LogP contribution in [0.5, 0.6) is 0 Å². The van der Waals surface area contributed by atoms with Gasteiger partial charge in [0.1, 0.15) is 6.61 Å². The summed E-state index contributed by atoms with van der Waals surface area (Å²) in [6.45, 7) is 1.47. The zero-order valence-electron chi connectivity index (χ0n) is 18.9. The van der Waals surface area contributed by atoms with Gasteiger partial charge in [-0.25, -0.2) is 8.42 Å². The molecule has 0 bridgehead atoms. The van der Waals surface area contributed by atoms with Gasteiger partial charge in [-0.3, -0.25) is 9.59 Å². The second kappa shape index (κ2) is 11.9. The first-order chi connectivity index (χ1) is 15.8. The van der Waals surface area contributed by atoms with Crippen LogP contribution in [0.2, 0.25) is 0 Å². The number of carbonyl (C=O) groups excluding carboxylic acids is 2. The van der Waals surface area contributed by atoms with Gasteiger partial charge < -0.3 is 15.0 Å². The highest BCUT2D eigenvalue weighted by atomic mass is 32.2. The molecule has 1 aliphatic heterocycles. The van der Waals surface area contributed by atoms with Crippen molar-refractivity contribution in [2.45, 2.75) is 25.5 Å². The normalized spacial score (nSPS) is 18.9. The molecule has 1 aliphatic rings. The minimum Gasteiger partial charge on any atom is -0.367 e. The molecule has 0 radical (unpaired) electrons. The maximum Gasteiger partial charge on any atom is 0.248 e. The lowest BCUT2D eigenvalue weighted by atomic mass is 10.0. The Bertz CT molecular complexity index is 1010. The fourth-order valence-electron chi connectivity index (χ4n) is 3.89. The Morgan fingerprint density at radius 2 is 1.70 bits per heavy atom. The molecule has 1 N–H and O–H groups in total. The van der Waals surface area contributed by atoms with Crippen molar-refractivity contribution in [2.75, 3.05) is 39.0 Å². The Morgan fingerprint density at radius 3 is 2.36 bits per heavy atom. The van der Waals surface area contributed by atoms with Crippen LogP contribution in [0.3, 0.4) is 0 Å². The number of amides is 2. The van der Waals surface area contributed by atoms with E-state index in [-0.39, 0.29) is 31.4 Å². The highest BCUT2D eigenvalue weighted by Crippen LogP contribution is 2.27. The fourth-order valence-corrected chi connectivity index (χ4v) is 5.01. The zero-order chi connectivity index (χ0) is 23.7. The van der Waals surface area contributed by atoms with E-state index in [4.69, 9.17) is 4.74 Å². The molecule has 8 nitrogen and oxygen atoms in total. The maximum absolute atomic E-state index is 12.7. The SMILES string of the molecule is CS(=O)(=O)N1CCCN(C(=O)COCc2ccccc2)CCNC(=O)CC1c1ccccc1. The number of benzene rings is 2. The molecule has 1 atom stereocenters. The number of rotatable bonds is 6. The molecule has 33 heavy (non-hydrogen) atoms. The van der Waals surface area contributed by atoms with Crippen molar-refractivity contribution in [3.63, 3.8) is 0 Å². The molecular formula is C24H31N3O5S. The van der Waals surface area contributed by atoms with Crippen LogP contribution in [0.15, 0.2) is 60.7 Å². The Morgan fingerprint density at radius 1 is 1.03 bits per heavy atom. The topological polar surface area (TPSA) is 96.0 Å². The van der Waals surface area contributed by atoms with Gasteiger partial charge in [0.05, 0.1) is 18.9 Å². The second-order valence-electron chi connectivity index (χ2n) is 8.07. The van der Waals surface area contributed by atoms with Crippen LogP contribution in [-0.2, 0) is 31.0 Å². The van der Waals surface area contributed by atoms with Crippen LogP contribution in [-0.4, -0.2) is 68.5 Å². The maximum atomic E-state index is 12.7. The summed E-state index contributed by atoms with van der Waals surface area (Å²) in [6, 6.07) is 18.2. The van der Waals surface area contributed by atoms with E-state index in [0.29, 0.717) is 32.7 Å². The predicted molar refractivity (Wildman–Crippen MR) is 126 cm³/mol. The van der Waals surface area contributed by atoms with E-state index in [0.717, 1.165) is 17.4 Å². The smallest absolute Gasteiger partial charge is 0.248 e. The molecule has 0 spiro atoms. The van der Waals surface area contributed by atoms with Crippen LogP contribution in [0.4, 0.5) is 0 Å². The molecule has 2 amide bonds. The van der Waals surface area contributed by atoms with Crippen molar-refractivity contribution >= 4 is 21.8 Å². The summed E-state index contributed by atoms with van der Waals surface area (Å²) in [6.07, 6.45) is 1.63. The lowest BCUT2D eigenvalue weighted by molar-refractivity contribution is -0.137. The van der Waals surface area contributed by atoms with Crippen molar-refractivity contribution in [3.05, 3.63) is 71.8 Å². The Kier molecular flexibility index (Phi) is 8.99. The van der Waals surface area contributed by atoms with E-state index < -0.39 is 16.1 Å². The molecule has 1 saturated heterocycles. The summed E-state index contributed by atoms with van der Waals surface area (Å²) < 4.78 is 32.2. The van der Waals surface area contributed by atoms with Gasteiger partial charge >= 0.3 is 0 Å². The third-order valence-electron chi connectivity index (χ3n) is 5.54. The highest BCUT2D eigenvalue weighted by Gasteiger charge is 2.30. The van der Waals surface area contributed by atoms with Gasteiger partial charge in [0.15, 0.2) is 0 Å². The van der Waals surface area contributed by atoms with E-state index in [1.54, 1.807) is 4.90 Å². The Balaban J connectivity index is 1.68. The van der Waals surface area contributed by atoms with Crippen LogP contribution >= 0.6 is 0 Å². The number of nitrogens with zero attached hydrogens (tertiary/aromatic N) is 2. The number of nitrogens with one attached hydrogen (secondary N) is 1. The third-order valence-corrected chi connectivity index (χ3v) is 6.83. The van der Waals surface area contributed by atoms with Crippen LogP contribution in [0, 0.1) is 0 Å². The number of hydrogen-bond donors (Lipinski definition) is 1. The van der Waals surface area contributed by atoms with Crippen molar-refractivity contribution in [1.82, 2.24) is 14.5 Å². The van der Waals surface area contributed by atoms with Gasteiger partial charge in [0.2, 0.25) is 21.8 Å². The highest BCUT2D eigenvalue weighted by molar-refractivity contribution is 7.88. The fraction of sp³-hybridized carbons (Fsp3) is 0.417. The minimum atomic E-state index is -3.58. The van der Waals surface area contributed by atoms with Gasteiger partial charge in [-0.2, -0.15) is 4.31 Å². The molecule has 0 aromatic heterocycles. The molecule has 2 aromatic carbocycles. The molecule has 2 aromatic rings. The van der Waals surface area contributed by atoms with Gasteiger partial charge in [0.25, 0.3) is 0 Å². The average molecular weight is 474 g/mol. The quantitative estimate of drug-likeness (QED) is 0.692. The molecule has 3 rings (SSSR count). The molecule has 1 fully saturated rings. The van der Waals surface area contributed by atoms with Gasteiger partial charge in [0, 0.05) is 32.6 Å². The van der Waals surface area contributed by atoms with Crippen molar-refractivity contribution in [3.8, 4) is 0 Å². The van der Waals surface area contributed by atoms with Gasteiger partial charge in [-0.15, -0.1) is 0 Å². The zero-order valence-corrected chi connectivity index (χ0v) is 19.7. The molecule has 0 saturated carbocycles. The standard InChI is InChI=1S/C24H31N3O5S/c1-33(30,31)27-15-8-14-26(24(29)19-32-18-20-9-4-2-5-10-20)16-13-25-23(28)17-22(27)21-11-6-3-7-12-21/h2-7,9-12,22H,8,13-19H2,1H3,(H,25,28). The minimum absolute atomic E-state index is 0.0191. The predicted octanol–water partition coefficient (Wildman–Crippen LogP) is 1.94. The first kappa shape index (κ1) is 24.9. The largest absolute Gasteiger partial charge is 0.367 e. The number of carbonyl (C=O) groups is 2. The van der Waals surface area contributed by atoms with Crippen molar-refractivity contribution in [2.24, 2.45) is 0 Å². The molecule has 1 heterocycles. The summed E-state index contributed by atoms with van der Waals surface area (Å²) in [5.74, 6) is -0.447. The van der Waals surface area contributed by atoms with Crippen LogP contribution in [0.1, 0.15) is 30.0 Å². The summed E-state index contributed by atoms with van der Waals surface area (Å²) in [5, 5.41) is 2.82. The van der Waals surface area contributed by atoms with E-state index in [1.807, 2.05) is 60.7 Å². The number of hydrogen-bond acceptors (Lipinski definition) is 5. The summed E-state index contributed by atoms with van der Waals surface area (Å²) in [5.41, 5.74) is 1.74. The van der Waals surface area contributed by atoms with E-state index in [9.17, 15) is 18.0 Å². The molecular weight excluding hydrogens is 442 g/mol. The summed E-state index contributed by atoms with van der Waals surface area (Å²) >= 11 is 0. The van der Waals surface area contributed by atoms with E-state index in [2.05, 4.69) is 5.32 Å².